The number of hydrogen-bond donors (Lipinski definition) is 1. The predicted octanol–water partition coefficient (Wildman–Crippen LogP) is 3.60. The monoisotopic (exact) mass is 330 g/mol. The zero-order valence-electron chi connectivity index (χ0n) is 10.5. The highest BCUT2D eigenvalue weighted by molar-refractivity contribution is 9.10. The number of halogens is 1. The number of anilines is 1. The van der Waals surface area contributed by atoms with Gasteiger partial charge in [-0.15, -0.1) is 0 Å². The van der Waals surface area contributed by atoms with Gasteiger partial charge in [0.15, 0.2) is 6.61 Å². The number of ether oxygens (including phenoxy) is 1. The van der Waals surface area contributed by atoms with Crippen LogP contribution in [0.2, 0.25) is 0 Å². The molecule has 0 aromatic heterocycles. The van der Waals surface area contributed by atoms with Crippen molar-refractivity contribution in [2.75, 3.05) is 11.9 Å². The van der Waals surface area contributed by atoms with Crippen LogP contribution in [0.3, 0.4) is 0 Å². The van der Waals surface area contributed by atoms with Crippen LogP contribution in [0.4, 0.5) is 5.69 Å². The van der Waals surface area contributed by atoms with Crippen molar-refractivity contribution in [2.45, 2.75) is 0 Å². The summed E-state index contributed by atoms with van der Waals surface area (Å²) in [5.74, 6) is 0.222. The predicted molar refractivity (Wildman–Crippen MR) is 79.6 cm³/mol. The molecular formula is C15H11BrN2O2. The van der Waals surface area contributed by atoms with Crippen LogP contribution in [0, 0.1) is 11.3 Å². The maximum atomic E-state index is 12.2. The molecule has 4 nitrogen and oxygen atoms in total. The molecule has 20 heavy (non-hydrogen) atoms. The SMILES string of the molecule is N#CCOc1ccccc1NC(=O)c1ccccc1Br. The number of amides is 1. The maximum absolute atomic E-state index is 12.2. The van der Waals surface area contributed by atoms with Crippen molar-refractivity contribution in [3.8, 4) is 11.8 Å². The minimum atomic E-state index is -0.245. The number of hydrogen-bond acceptors (Lipinski definition) is 3. The van der Waals surface area contributed by atoms with E-state index in [1.165, 1.54) is 0 Å². The summed E-state index contributed by atoms with van der Waals surface area (Å²) in [6.45, 7) is -0.0675. The summed E-state index contributed by atoms with van der Waals surface area (Å²) in [6.07, 6.45) is 0. The van der Waals surface area contributed by atoms with Crippen molar-refractivity contribution < 1.29 is 9.53 Å². The summed E-state index contributed by atoms with van der Waals surface area (Å²) in [7, 11) is 0. The molecule has 2 aromatic rings. The van der Waals surface area contributed by atoms with Crippen LogP contribution < -0.4 is 10.1 Å². The Kier molecular flexibility index (Phi) is 4.75. The Hall–Kier alpha value is -2.32. The highest BCUT2D eigenvalue weighted by Crippen LogP contribution is 2.25. The van der Waals surface area contributed by atoms with E-state index < -0.39 is 0 Å². The van der Waals surface area contributed by atoms with E-state index in [1.54, 1.807) is 42.5 Å². The third-order valence-corrected chi connectivity index (χ3v) is 3.24. The fourth-order valence-electron chi connectivity index (χ4n) is 1.64. The molecule has 0 unspecified atom stereocenters. The van der Waals surface area contributed by atoms with Crippen molar-refractivity contribution in [2.24, 2.45) is 0 Å². The van der Waals surface area contributed by atoms with Crippen LogP contribution in [0.5, 0.6) is 5.75 Å². The van der Waals surface area contributed by atoms with Crippen molar-refractivity contribution in [3.63, 3.8) is 0 Å². The van der Waals surface area contributed by atoms with Gasteiger partial charge in [-0.2, -0.15) is 5.26 Å². The van der Waals surface area contributed by atoms with Crippen LogP contribution >= 0.6 is 15.9 Å². The lowest BCUT2D eigenvalue weighted by molar-refractivity contribution is 0.102. The number of para-hydroxylation sites is 2. The Morgan fingerprint density at radius 3 is 2.65 bits per heavy atom. The maximum Gasteiger partial charge on any atom is 0.256 e. The molecule has 0 aliphatic heterocycles. The minimum Gasteiger partial charge on any atom is -0.477 e. The molecule has 0 spiro atoms. The molecule has 5 heteroatoms. The quantitative estimate of drug-likeness (QED) is 0.931. The number of benzene rings is 2. The Morgan fingerprint density at radius 2 is 1.90 bits per heavy atom. The van der Waals surface area contributed by atoms with Gasteiger partial charge in [0.25, 0.3) is 5.91 Å². The molecule has 1 amide bonds. The molecule has 0 saturated heterocycles. The second kappa shape index (κ2) is 6.73. The summed E-state index contributed by atoms with van der Waals surface area (Å²) in [5, 5.41) is 11.3. The number of nitriles is 1. The van der Waals surface area contributed by atoms with Crippen LogP contribution in [0.15, 0.2) is 53.0 Å². The zero-order chi connectivity index (χ0) is 14.4. The van der Waals surface area contributed by atoms with Gasteiger partial charge in [0.2, 0.25) is 0 Å². The van der Waals surface area contributed by atoms with Crippen molar-refractivity contribution >= 4 is 27.5 Å². The molecule has 0 bridgehead atoms. The van der Waals surface area contributed by atoms with Gasteiger partial charge in [-0.3, -0.25) is 4.79 Å². The minimum absolute atomic E-state index is 0.0675. The number of nitrogens with one attached hydrogen (secondary N) is 1. The highest BCUT2D eigenvalue weighted by Gasteiger charge is 2.11. The number of carbonyl (C=O) groups excluding carboxylic acids is 1. The largest absolute Gasteiger partial charge is 0.477 e. The van der Waals surface area contributed by atoms with E-state index in [0.29, 0.717) is 21.5 Å². The zero-order valence-corrected chi connectivity index (χ0v) is 12.1. The van der Waals surface area contributed by atoms with Crippen LogP contribution in [0.1, 0.15) is 10.4 Å². The van der Waals surface area contributed by atoms with Gasteiger partial charge in [0, 0.05) is 4.47 Å². The van der Waals surface area contributed by atoms with Gasteiger partial charge >= 0.3 is 0 Å². The lowest BCUT2D eigenvalue weighted by Gasteiger charge is -2.11. The third kappa shape index (κ3) is 3.37. The summed E-state index contributed by atoms with van der Waals surface area (Å²) in [4.78, 5) is 12.2. The molecule has 0 atom stereocenters. The van der Waals surface area contributed by atoms with E-state index in [-0.39, 0.29) is 12.5 Å². The molecule has 2 aromatic carbocycles. The molecular weight excluding hydrogens is 320 g/mol. The summed E-state index contributed by atoms with van der Waals surface area (Å²) >= 11 is 3.34. The molecule has 0 fully saturated rings. The average Bonchev–Trinajstić information content (AvgIpc) is 2.46. The Bertz CT molecular complexity index is 665. The first-order valence-electron chi connectivity index (χ1n) is 5.87. The molecule has 1 N–H and O–H groups in total. The fourth-order valence-corrected chi connectivity index (χ4v) is 2.11. The van der Waals surface area contributed by atoms with E-state index in [0.717, 1.165) is 0 Å². The van der Waals surface area contributed by atoms with Crippen molar-refractivity contribution in [1.82, 2.24) is 0 Å². The second-order valence-electron chi connectivity index (χ2n) is 3.88. The average molecular weight is 331 g/mol. The number of carbonyl (C=O) groups is 1. The molecule has 100 valence electrons. The Labute approximate surface area is 125 Å². The molecule has 0 heterocycles. The first-order chi connectivity index (χ1) is 9.72. The normalized spacial score (nSPS) is 9.60. The number of nitrogens with zero attached hydrogens (tertiary/aromatic N) is 1. The molecule has 0 radical (unpaired) electrons. The standard InChI is InChI=1S/C15H11BrN2O2/c16-12-6-2-1-5-11(12)15(19)18-13-7-3-4-8-14(13)20-10-9-17/h1-8H,10H2,(H,18,19). The van der Waals surface area contributed by atoms with Crippen LogP contribution in [0.25, 0.3) is 0 Å². The van der Waals surface area contributed by atoms with Gasteiger partial charge in [0.1, 0.15) is 11.8 Å². The Morgan fingerprint density at radius 1 is 1.20 bits per heavy atom. The van der Waals surface area contributed by atoms with Gasteiger partial charge in [-0.1, -0.05) is 24.3 Å². The molecule has 0 aliphatic carbocycles. The van der Waals surface area contributed by atoms with Crippen molar-refractivity contribution in [1.29, 1.82) is 5.26 Å². The van der Waals surface area contributed by atoms with Crippen LogP contribution in [-0.4, -0.2) is 12.5 Å². The first-order valence-corrected chi connectivity index (χ1v) is 6.66. The van der Waals surface area contributed by atoms with Gasteiger partial charge in [0.05, 0.1) is 11.3 Å². The van der Waals surface area contributed by atoms with Gasteiger partial charge < -0.3 is 10.1 Å². The lowest BCUT2D eigenvalue weighted by atomic mass is 10.2. The van der Waals surface area contributed by atoms with E-state index >= 15 is 0 Å². The third-order valence-electron chi connectivity index (χ3n) is 2.55. The number of rotatable bonds is 4. The van der Waals surface area contributed by atoms with E-state index in [4.69, 9.17) is 10.00 Å². The second-order valence-corrected chi connectivity index (χ2v) is 4.73. The van der Waals surface area contributed by atoms with Crippen molar-refractivity contribution in [3.05, 3.63) is 58.6 Å². The first kappa shape index (κ1) is 14.1. The Balaban J connectivity index is 2.20. The summed E-state index contributed by atoms with van der Waals surface area (Å²) in [5.41, 5.74) is 1.06. The smallest absolute Gasteiger partial charge is 0.256 e. The fraction of sp³-hybridized carbons (Fsp3) is 0.0667. The van der Waals surface area contributed by atoms with Gasteiger partial charge in [-0.05, 0) is 40.2 Å². The topological polar surface area (TPSA) is 62.1 Å². The molecule has 0 saturated carbocycles. The molecule has 2 rings (SSSR count). The van der Waals surface area contributed by atoms with E-state index in [1.807, 2.05) is 12.1 Å². The van der Waals surface area contributed by atoms with Gasteiger partial charge in [-0.25, -0.2) is 0 Å². The summed E-state index contributed by atoms with van der Waals surface area (Å²) in [6, 6.07) is 16.0. The molecule has 0 aliphatic rings. The highest BCUT2D eigenvalue weighted by atomic mass is 79.9. The van der Waals surface area contributed by atoms with E-state index in [2.05, 4.69) is 21.2 Å². The lowest BCUT2D eigenvalue weighted by Crippen LogP contribution is -2.13. The van der Waals surface area contributed by atoms with Crippen LogP contribution in [-0.2, 0) is 0 Å². The van der Waals surface area contributed by atoms with E-state index in [9.17, 15) is 4.79 Å². The summed E-state index contributed by atoms with van der Waals surface area (Å²) < 4.78 is 5.98.